The van der Waals surface area contributed by atoms with Gasteiger partial charge in [0.15, 0.2) is 0 Å². The number of fused-ring (bicyclic) bond motifs is 1. The van der Waals surface area contributed by atoms with Gasteiger partial charge in [0.2, 0.25) is 0 Å². The summed E-state index contributed by atoms with van der Waals surface area (Å²) in [4.78, 5) is 0. The molecular formula is C11H15FN2. The van der Waals surface area contributed by atoms with Crippen LogP contribution in [-0.4, -0.2) is 19.6 Å². The van der Waals surface area contributed by atoms with Gasteiger partial charge in [0, 0.05) is 19.1 Å². The summed E-state index contributed by atoms with van der Waals surface area (Å²) in [5.41, 5.74) is 2.36. The van der Waals surface area contributed by atoms with E-state index in [4.69, 9.17) is 0 Å². The third-order valence-corrected chi connectivity index (χ3v) is 2.67. The monoisotopic (exact) mass is 194 g/mol. The molecule has 1 aromatic carbocycles. The van der Waals surface area contributed by atoms with Gasteiger partial charge < -0.3 is 10.6 Å². The maximum atomic E-state index is 12.9. The first-order valence-electron chi connectivity index (χ1n) is 4.95. The van der Waals surface area contributed by atoms with Crippen molar-refractivity contribution in [1.82, 2.24) is 10.6 Å². The lowest BCUT2D eigenvalue weighted by atomic mass is 9.96. The number of hydrogen-bond acceptors (Lipinski definition) is 2. The highest BCUT2D eigenvalue weighted by molar-refractivity contribution is 5.30. The van der Waals surface area contributed by atoms with Crippen molar-refractivity contribution in [3.05, 3.63) is 35.1 Å². The standard InChI is InChI=1S/C11H15FN2/c1-13-7-11-5-8-2-3-10(12)4-9(8)6-14-11/h2-4,11,13-14H,5-7H2,1H3. The normalized spacial score (nSPS) is 20.6. The van der Waals surface area contributed by atoms with Crippen LogP contribution in [0.15, 0.2) is 18.2 Å². The molecule has 0 aromatic heterocycles. The summed E-state index contributed by atoms with van der Waals surface area (Å²) in [5.74, 6) is -0.141. The van der Waals surface area contributed by atoms with Crippen LogP contribution in [0, 0.1) is 5.82 Å². The summed E-state index contributed by atoms with van der Waals surface area (Å²) in [6, 6.07) is 5.53. The summed E-state index contributed by atoms with van der Waals surface area (Å²) >= 11 is 0. The molecule has 0 fully saturated rings. The van der Waals surface area contributed by atoms with Gasteiger partial charge in [-0.3, -0.25) is 0 Å². The SMILES string of the molecule is CNCC1Cc2ccc(F)cc2CN1. The molecule has 0 aliphatic carbocycles. The van der Waals surface area contributed by atoms with Crippen LogP contribution in [0.25, 0.3) is 0 Å². The molecule has 1 aromatic rings. The number of hydrogen-bond donors (Lipinski definition) is 2. The van der Waals surface area contributed by atoms with Crippen LogP contribution >= 0.6 is 0 Å². The van der Waals surface area contributed by atoms with Crippen molar-refractivity contribution in [3.63, 3.8) is 0 Å². The zero-order valence-electron chi connectivity index (χ0n) is 8.31. The molecule has 0 spiro atoms. The second kappa shape index (κ2) is 4.07. The topological polar surface area (TPSA) is 24.1 Å². The first-order chi connectivity index (χ1) is 6.79. The predicted molar refractivity (Wildman–Crippen MR) is 54.7 cm³/mol. The van der Waals surface area contributed by atoms with Crippen molar-refractivity contribution in [2.75, 3.05) is 13.6 Å². The molecule has 1 heterocycles. The van der Waals surface area contributed by atoms with Gasteiger partial charge in [0.25, 0.3) is 0 Å². The molecule has 76 valence electrons. The van der Waals surface area contributed by atoms with Gasteiger partial charge in [-0.15, -0.1) is 0 Å². The van der Waals surface area contributed by atoms with Gasteiger partial charge in [0.05, 0.1) is 0 Å². The van der Waals surface area contributed by atoms with Crippen molar-refractivity contribution >= 4 is 0 Å². The fraction of sp³-hybridized carbons (Fsp3) is 0.455. The number of nitrogens with one attached hydrogen (secondary N) is 2. The Morgan fingerprint density at radius 2 is 2.36 bits per heavy atom. The van der Waals surface area contributed by atoms with Crippen LogP contribution < -0.4 is 10.6 Å². The predicted octanol–water partition coefficient (Wildman–Crippen LogP) is 1.06. The van der Waals surface area contributed by atoms with Gasteiger partial charge in [-0.25, -0.2) is 4.39 Å². The molecule has 0 amide bonds. The number of halogens is 1. The van der Waals surface area contributed by atoms with E-state index in [1.54, 1.807) is 12.1 Å². The van der Waals surface area contributed by atoms with E-state index in [9.17, 15) is 4.39 Å². The summed E-state index contributed by atoms with van der Waals surface area (Å²) in [5, 5.41) is 6.52. The highest BCUT2D eigenvalue weighted by Crippen LogP contribution is 2.17. The van der Waals surface area contributed by atoms with Crippen molar-refractivity contribution < 1.29 is 4.39 Å². The van der Waals surface area contributed by atoms with Crippen LogP contribution in [0.2, 0.25) is 0 Å². The van der Waals surface area contributed by atoms with Crippen LogP contribution in [0.5, 0.6) is 0 Å². The third-order valence-electron chi connectivity index (χ3n) is 2.67. The Bertz CT molecular complexity index is 325. The van der Waals surface area contributed by atoms with Gasteiger partial charge >= 0.3 is 0 Å². The van der Waals surface area contributed by atoms with Gasteiger partial charge in [-0.2, -0.15) is 0 Å². The van der Waals surface area contributed by atoms with Crippen LogP contribution in [0.3, 0.4) is 0 Å². The van der Waals surface area contributed by atoms with E-state index < -0.39 is 0 Å². The van der Waals surface area contributed by atoms with E-state index >= 15 is 0 Å². The van der Waals surface area contributed by atoms with Crippen LogP contribution in [0.1, 0.15) is 11.1 Å². The Kier molecular flexibility index (Phi) is 2.79. The Balaban J connectivity index is 2.15. The number of rotatable bonds is 2. The lowest BCUT2D eigenvalue weighted by molar-refractivity contribution is 0.460. The molecule has 0 saturated carbocycles. The molecule has 2 N–H and O–H groups in total. The van der Waals surface area contributed by atoms with E-state index in [0.29, 0.717) is 6.04 Å². The van der Waals surface area contributed by atoms with E-state index in [1.165, 1.54) is 5.56 Å². The summed E-state index contributed by atoms with van der Waals surface area (Å²) in [7, 11) is 1.95. The molecule has 1 unspecified atom stereocenters. The average Bonchev–Trinajstić information content (AvgIpc) is 2.19. The fourth-order valence-electron chi connectivity index (χ4n) is 1.94. The van der Waals surface area contributed by atoms with Crippen molar-refractivity contribution in [3.8, 4) is 0 Å². The first-order valence-corrected chi connectivity index (χ1v) is 4.95. The van der Waals surface area contributed by atoms with Crippen molar-refractivity contribution in [2.45, 2.75) is 19.0 Å². The van der Waals surface area contributed by atoms with E-state index in [0.717, 1.165) is 25.1 Å². The molecule has 3 heteroatoms. The molecule has 2 nitrogen and oxygen atoms in total. The molecule has 0 radical (unpaired) electrons. The van der Waals surface area contributed by atoms with E-state index in [-0.39, 0.29) is 5.82 Å². The highest BCUT2D eigenvalue weighted by Gasteiger charge is 2.17. The largest absolute Gasteiger partial charge is 0.318 e. The Labute approximate surface area is 83.5 Å². The second-order valence-corrected chi connectivity index (χ2v) is 3.75. The summed E-state index contributed by atoms with van der Waals surface area (Å²) in [6.45, 7) is 1.73. The molecule has 0 saturated heterocycles. The van der Waals surface area contributed by atoms with Crippen molar-refractivity contribution in [1.29, 1.82) is 0 Å². The maximum Gasteiger partial charge on any atom is 0.123 e. The minimum absolute atomic E-state index is 0.141. The minimum atomic E-state index is -0.141. The zero-order chi connectivity index (χ0) is 9.97. The van der Waals surface area contributed by atoms with Gasteiger partial charge in [0.1, 0.15) is 5.82 Å². The molecule has 2 rings (SSSR count). The molecule has 1 atom stereocenters. The van der Waals surface area contributed by atoms with Gasteiger partial charge in [-0.1, -0.05) is 6.07 Å². The number of likely N-dealkylation sites (N-methyl/N-ethyl adjacent to an activating group) is 1. The lowest BCUT2D eigenvalue weighted by Crippen LogP contribution is -2.42. The zero-order valence-corrected chi connectivity index (χ0v) is 8.31. The molecule has 1 aliphatic rings. The third kappa shape index (κ3) is 1.94. The molecular weight excluding hydrogens is 179 g/mol. The van der Waals surface area contributed by atoms with Crippen LogP contribution in [-0.2, 0) is 13.0 Å². The quantitative estimate of drug-likeness (QED) is 0.735. The smallest absolute Gasteiger partial charge is 0.123 e. The molecule has 1 aliphatic heterocycles. The maximum absolute atomic E-state index is 12.9. The Morgan fingerprint density at radius 3 is 3.14 bits per heavy atom. The molecule has 14 heavy (non-hydrogen) atoms. The Morgan fingerprint density at radius 1 is 1.50 bits per heavy atom. The van der Waals surface area contributed by atoms with Crippen molar-refractivity contribution in [2.24, 2.45) is 0 Å². The minimum Gasteiger partial charge on any atom is -0.318 e. The lowest BCUT2D eigenvalue weighted by Gasteiger charge is -2.25. The second-order valence-electron chi connectivity index (χ2n) is 3.75. The van der Waals surface area contributed by atoms with Crippen LogP contribution in [0.4, 0.5) is 4.39 Å². The summed E-state index contributed by atoms with van der Waals surface area (Å²) in [6.07, 6.45) is 0.983. The van der Waals surface area contributed by atoms with Gasteiger partial charge in [-0.05, 0) is 36.7 Å². The van der Waals surface area contributed by atoms with E-state index in [1.807, 2.05) is 13.1 Å². The first kappa shape index (κ1) is 9.62. The Hall–Kier alpha value is -0.930. The highest BCUT2D eigenvalue weighted by atomic mass is 19.1. The fourth-order valence-corrected chi connectivity index (χ4v) is 1.94. The number of benzene rings is 1. The van der Waals surface area contributed by atoms with E-state index in [2.05, 4.69) is 10.6 Å². The average molecular weight is 194 g/mol. The molecule has 0 bridgehead atoms. The summed E-state index contributed by atoms with van der Waals surface area (Å²) < 4.78 is 12.9.